The lowest BCUT2D eigenvalue weighted by molar-refractivity contribution is -0.137. The lowest BCUT2D eigenvalue weighted by Gasteiger charge is -2.11. The number of halogens is 3. The van der Waals surface area contributed by atoms with Crippen LogP contribution in [-0.2, 0) is 6.18 Å². The molecule has 0 heterocycles. The molecular formula is C18H19F3N2O2. The van der Waals surface area contributed by atoms with Gasteiger partial charge in [-0.15, -0.1) is 0 Å². The van der Waals surface area contributed by atoms with Gasteiger partial charge in [0.25, 0.3) is 0 Å². The zero-order valence-corrected chi connectivity index (χ0v) is 13.9. The summed E-state index contributed by atoms with van der Waals surface area (Å²) in [7, 11) is 0. The number of hydrogen-bond donors (Lipinski definition) is 1. The molecule has 4 nitrogen and oxygen atoms in total. The Bertz CT molecular complexity index is 731. The minimum atomic E-state index is -4.39. The zero-order chi connectivity index (χ0) is 18.3. The minimum absolute atomic E-state index is 0.252. The lowest BCUT2D eigenvalue weighted by atomic mass is 10.2. The first-order valence-corrected chi connectivity index (χ1v) is 7.80. The largest absolute Gasteiger partial charge is 0.490 e. The number of nitrogens with one attached hydrogen (secondary N) is 1. The van der Waals surface area contributed by atoms with Crippen LogP contribution in [0.5, 0.6) is 11.5 Å². The third-order valence-electron chi connectivity index (χ3n) is 3.16. The molecule has 0 saturated heterocycles. The molecule has 0 radical (unpaired) electrons. The third kappa shape index (κ3) is 5.41. The Morgan fingerprint density at radius 2 is 1.72 bits per heavy atom. The summed E-state index contributed by atoms with van der Waals surface area (Å²) >= 11 is 0. The molecule has 0 bridgehead atoms. The van der Waals surface area contributed by atoms with E-state index < -0.39 is 11.7 Å². The van der Waals surface area contributed by atoms with Gasteiger partial charge in [0.1, 0.15) is 0 Å². The standard InChI is InChI=1S/C18H19F3N2O2/c1-3-24-16-9-8-13(10-17(16)25-4-2)12-22-23-15-7-5-6-14(11-15)18(19,20)21/h5-12,23H,3-4H2,1-2H3. The Morgan fingerprint density at radius 1 is 1.00 bits per heavy atom. The maximum Gasteiger partial charge on any atom is 0.416 e. The van der Waals surface area contributed by atoms with Gasteiger partial charge in [-0.1, -0.05) is 6.07 Å². The van der Waals surface area contributed by atoms with Gasteiger partial charge in [0.2, 0.25) is 0 Å². The number of rotatable bonds is 7. The van der Waals surface area contributed by atoms with Crippen LogP contribution in [0, 0.1) is 0 Å². The van der Waals surface area contributed by atoms with E-state index in [2.05, 4.69) is 10.5 Å². The molecule has 0 aliphatic rings. The molecule has 1 N–H and O–H groups in total. The normalized spacial score (nSPS) is 11.6. The highest BCUT2D eigenvalue weighted by Crippen LogP contribution is 2.31. The van der Waals surface area contributed by atoms with E-state index in [1.807, 2.05) is 13.8 Å². The predicted molar refractivity (Wildman–Crippen MR) is 91.4 cm³/mol. The van der Waals surface area contributed by atoms with Gasteiger partial charge in [0, 0.05) is 0 Å². The number of benzene rings is 2. The molecule has 0 aliphatic carbocycles. The summed E-state index contributed by atoms with van der Waals surface area (Å²) < 4.78 is 49.0. The number of hydrazone groups is 1. The highest BCUT2D eigenvalue weighted by molar-refractivity contribution is 5.81. The summed E-state index contributed by atoms with van der Waals surface area (Å²) in [6, 6.07) is 10.1. The quantitative estimate of drug-likeness (QED) is 0.566. The van der Waals surface area contributed by atoms with Crippen molar-refractivity contribution in [1.82, 2.24) is 0 Å². The van der Waals surface area contributed by atoms with Gasteiger partial charge in [-0.2, -0.15) is 18.3 Å². The highest BCUT2D eigenvalue weighted by Gasteiger charge is 2.30. The fourth-order valence-electron chi connectivity index (χ4n) is 2.09. The van der Waals surface area contributed by atoms with Crippen molar-refractivity contribution in [2.24, 2.45) is 5.10 Å². The molecule has 0 aliphatic heterocycles. The van der Waals surface area contributed by atoms with Crippen LogP contribution in [0.4, 0.5) is 18.9 Å². The van der Waals surface area contributed by atoms with E-state index in [1.165, 1.54) is 18.3 Å². The van der Waals surface area contributed by atoms with Gasteiger partial charge >= 0.3 is 6.18 Å². The van der Waals surface area contributed by atoms with Crippen molar-refractivity contribution in [2.45, 2.75) is 20.0 Å². The summed E-state index contributed by atoms with van der Waals surface area (Å²) in [5, 5.41) is 3.97. The number of hydrogen-bond acceptors (Lipinski definition) is 4. The molecule has 0 aromatic heterocycles. The highest BCUT2D eigenvalue weighted by atomic mass is 19.4. The van der Waals surface area contributed by atoms with Crippen molar-refractivity contribution in [3.8, 4) is 11.5 Å². The molecule has 0 spiro atoms. The van der Waals surface area contributed by atoms with Crippen molar-refractivity contribution in [1.29, 1.82) is 0 Å². The molecular weight excluding hydrogens is 333 g/mol. The summed E-state index contributed by atoms with van der Waals surface area (Å²) in [4.78, 5) is 0. The SMILES string of the molecule is CCOc1ccc(C=NNc2cccc(C(F)(F)F)c2)cc1OCC. The molecule has 25 heavy (non-hydrogen) atoms. The zero-order valence-electron chi connectivity index (χ0n) is 13.9. The smallest absolute Gasteiger partial charge is 0.416 e. The Morgan fingerprint density at radius 3 is 2.40 bits per heavy atom. The van der Waals surface area contributed by atoms with Crippen molar-refractivity contribution < 1.29 is 22.6 Å². The van der Waals surface area contributed by atoms with Gasteiger partial charge in [-0.25, -0.2) is 0 Å². The molecule has 0 amide bonds. The second kappa shape index (κ2) is 8.41. The maximum absolute atomic E-state index is 12.7. The summed E-state index contributed by atoms with van der Waals surface area (Å²) in [6.07, 6.45) is -2.89. The molecule has 7 heteroatoms. The topological polar surface area (TPSA) is 42.8 Å². The van der Waals surface area contributed by atoms with Crippen molar-refractivity contribution in [2.75, 3.05) is 18.6 Å². The molecule has 2 rings (SSSR count). The van der Waals surface area contributed by atoms with Crippen LogP contribution in [-0.4, -0.2) is 19.4 Å². The second-order valence-corrected chi connectivity index (χ2v) is 5.02. The van der Waals surface area contributed by atoms with Crippen molar-refractivity contribution >= 4 is 11.9 Å². The van der Waals surface area contributed by atoms with Crippen molar-refractivity contribution in [3.63, 3.8) is 0 Å². The first-order valence-electron chi connectivity index (χ1n) is 7.80. The molecule has 134 valence electrons. The Labute approximate surface area is 144 Å². The van der Waals surface area contributed by atoms with Gasteiger partial charge in [0.05, 0.1) is 30.7 Å². The fraction of sp³-hybridized carbons (Fsp3) is 0.278. The third-order valence-corrected chi connectivity index (χ3v) is 3.16. The molecule has 0 fully saturated rings. The van der Waals surface area contributed by atoms with Crippen LogP contribution in [0.15, 0.2) is 47.6 Å². The number of anilines is 1. The van der Waals surface area contributed by atoms with Gasteiger partial charge < -0.3 is 9.47 Å². The van der Waals surface area contributed by atoms with E-state index in [0.29, 0.717) is 24.7 Å². The lowest BCUT2D eigenvalue weighted by Crippen LogP contribution is -2.05. The van der Waals surface area contributed by atoms with E-state index in [-0.39, 0.29) is 5.69 Å². The molecule has 2 aromatic rings. The second-order valence-electron chi connectivity index (χ2n) is 5.02. The van der Waals surface area contributed by atoms with E-state index >= 15 is 0 Å². The molecule has 0 unspecified atom stereocenters. The van der Waals surface area contributed by atoms with Crippen LogP contribution in [0.1, 0.15) is 25.0 Å². The molecule has 0 saturated carbocycles. The van der Waals surface area contributed by atoms with E-state index in [9.17, 15) is 13.2 Å². The summed E-state index contributed by atoms with van der Waals surface area (Å²) in [5.74, 6) is 1.22. The van der Waals surface area contributed by atoms with E-state index in [4.69, 9.17) is 9.47 Å². The van der Waals surface area contributed by atoms with Gasteiger partial charge in [0.15, 0.2) is 11.5 Å². The first kappa shape index (κ1) is 18.6. The number of nitrogens with zero attached hydrogens (tertiary/aromatic N) is 1. The van der Waals surface area contributed by atoms with Crippen LogP contribution in [0.25, 0.3) is 0 Å². The average Bonchev–Trinajstić information content (AvgIpc) is 2.57. The van der Waals surface area contributed by atoms with Crippen LogP contribution in [0.2, 0.25) is 0 Å². The van der Waals surface area contributed by atoms with Crippen LogP contribution >= 0.6 is 0 Å². The van der Waals surface area contributed by atoms with E-state index in [0.717, 1.165) is 17.7 Å². The van der Waals surface area contributed by atoms with Crippen LogP contribution < -0.4 is 14.9 Å². The number of alkyl halides is 3. The maximum atomic E-state index is 12.7. The van der Waals surface area contributed by atoms with Crippen LogP contribution in [0.3, 0.4) is 0 Å². The monoisotopic (exact) mass is 352 g/mol. The summed E-state index contributed by atoms with van der Waals surface area (Å²) in [6.45, 7) is 4.75. The molecule has 2 aromatic carbocycles. The Hall–Kier alpha value is -2.70. The average molecular weight is 352 g/mol. The molecule has 0 atom stereocenters. The first-order chi connectivity index (χ1) is 11.9. The van der Waals surface area contributed by atoms with E-state index in [1.54, 1.807) is 18.2 Å². The van der Waals surface area contributed by atoms with Gasteiger partial charge in [-0.05, 0) is 55.8 Å². The Kier molecular flexibility index (Phi) is 6.27. The van der Waals surface area contributed by atoms with Crippen molar-refractivity contribution in [3.05, 3.63) is 53.6 Å². The van der Waals surface area contributed by atoms with Gasteiger partial charge in [-0.3, -0.25) is 5.43 Å². The fourth-order valence-corrected chi connectivity index (χ4v) is 2.09. The minimum Gasteiger partial charge on any atom is -0.490 e. The number of ether oxygens (including phenoxy) is 2. The Balaban J connectivity index is 2.10. The predicted octanol–water partition coefficient (Wildman–Crippen LogP) is 4.95. The summed E-state index contributed by atoms with van der Waals surface area (Å²) in [5.41, 5.74) is 2.84.